The Morgan fingerprint density at radius 3 is 2.35 bits per heavy atom. The van der Waals surface area contributed by atoms with E-state index in [2.05, 4.69) is 36.2 Å². The zero-order valence-electron chi connectivity index (χ0n) is 14.6. The third-order valence-corrected chi connectivity index (χ3v) is 4.15. The maximum Gasteiger partial charge on any atom is 0.256 e. The molecule has 0 saturated carbocycles. The number of nitrogens with one attached hydrogen (secondary N) is 1. The first-order valence-corrected chi connectivity index (χ1v) is 8.79. The highest BCUT2D eigenvalue weighted by Gasteiger charge is 2.22. The summed E-state index contributed by atoms with van der Waals surface area (Å²) in [4.78, 5) is 17.0. The monoisotopic (exact) mass is 388 g/mol. The molecule has 0 fully saturated rings. The largest absolute Gasteiger partial charge is 0.306 e. The van der Waals surface area contributed by atoms with Crippen LogP contribution in [0.5, 0.6) is 0 Å². The van der Waals surface area contributed by atoms with Crippen LogP contribution in [-0.4, -0.2) is 20.7 Å². The molecule has 134 valence electrons. The van der Waals surface area contributed by atoms with Gasteiger partial charge in [0.15, 0.2) is 5.82 Å². The molecule has 0 spiro atoms. The smallest absolute Gasteiger partial charge is 0.256 e. The number of anilines is 1. The Labute approximate surface area is 162 Å². The van der Waals surface area contributed by atoms with E-state index in [0.717, 1.165) is 5.69 Å². The van der Waals surface area contributed by atoms with Crippen molar-refractivity contribution in [1.29, 1.82) is 0 Å². The topological polar surface area (TPSA) is 59.8 Å². The number of carbonyl (C=O) groups excluding carboxylic acids is 1. The number of rotatable bonds is 3. The predicted octanol–water partition coefficient (Wildman–Crippen LogP) is 5.12. The lowest BCUT2D eigenvalue weighted by Gasteiger charge is -2.13. The average Bonchev–Trinajstić information content (AvgIpc) is 2.99. The van der Waals surface area contributed by atoms with Crippen LogP contribution in [0.15, 0.2) is 48.7 Å². The van der Waals surface area contributed by atoms with E-state index in [-0.39, 0.29) is 11.3 Å². The number of nitrogens with zero attached hydrogens (tertiary/aromatic N) is 3. The zero-order valence-corrected chi connectivity index (χ0v) is 16.1. The molecule has 0 atom stereocenters. The van der Waals surface area contributed by atoms with Gasteiger partial charge in [0, 0.05) is 33.3 Å². The van der Waals surface area contributed by atoms with Gasteiger partial charge in [-0.3, -0.25) is 4.79 Å². The van der Waals surface area contributed by atoms with Crippen LogP contribution < -0.4 is 5.32 Å². The van der Waals surface area contributed by atoms with Crippen LogP contribution >= 0.6 is 23.2 Å². The SMILES string of the molecule is CC(C)(C)c1cc(NC(=O)c2cc(Cl)cc(Cl)c2)n(-c2ccccn2)n1. The van der Waals surface area contributed by atoms with E-state index in [1.165, 1.54) is 0 Å². The lowest BCUT2D eigenvalue weighted by Crippen LogP contribution is -2.15. The molecule has 0 aliphatic carbocycles. The van der Waals surface area contributed by atoms with E-state index >= 15 is 0 Å². The minimum absolute atomic E-state index is 0.182. The summed E-state index contributed by atoms with van der Waals surface area (Å²) in [6, 6.07) is 12.1. The third kappa shape index (κ3) is 4.06. The molecule has 2 aromatic heterocycles. The molecule has 1 amide bonds. The van der Waals surface area contributed by atoms with Gasteiger partial charge < -0.3 is 5.32 Å². The Bertz CT molecular complexity index is 926. The minimum Gasteiger partial charge on any atom is -0.306 e. The fraction of sp³-hybridized carbons (Fsp3) is 0.211. The summed E-state index contributed by atoms with van der Waals surface area (Å²) in [6.07, 6.45) is 1.68. The minimum atomic E-state index is -0.327. The number of pyridine rings is 1. The molecule has 0 bridgehead atoms. The lowest BCUT2D eigenvalue weighted by molar-refractivity contribution is 0.102. The van der Waals surface area contributed by atoms with Crippen LogP contribution in [0, 0.1) is 0 Å². The molecular weight excluding hydrogens is 371 g/mol. The van der Waals surface area contributed by atoms with Gasteiger partial charge in [-0.2, -0.15) is 9.78 Å². The summed E-state index contributed by atoms with van der Waals surface area (Å²) in [7, 11) is 0. The Morgan fingerprint density at radius 2 is 1.77 bits per heavy atom. The molecule has 3 rings (SSSR count). The number of amides is 1. The zero-order chi connectivity index (χ0) is 18.9. The first-order valence-electron chi connectivity index (χ1n) is 8.03. The highest BCUT2D eigenvalue weighted by molar-refractivity contribution is 6.35. The van der Waals surface area contributed by atoms with E-state index in [4.69, 9.17) is 23.2 Å². The second kappa shape index (κ2) is 7.09. The fourth-order valence-corrected chi connectivity index (χ4v) is 2.89. The van der Waals surface area contributed by atoms with Gasteiger partial charge in [0.25, 0.3) is 5.91 Å². The summed E-state index contributed by atoms with van der Waals surface area (Å²) in [6.45, 7) is 6.17. The molecule has 0 aliphatic heterocycles. The lowest BCUT2D eigenvalue weighted by atomic mass is 9.92. The number of hydrogen-bond acceptors (Lipinski definition) is 3. The molecular formula is C19H18Cl2N4O. The molecule has 26 heavy (non-hydrogen) atoms. The fourth-order valence-electron chi connectivity index (χ4n) is 2.36. The van der Waals surface area contributed by atoms with Crippen LogP contribution in [-0.2, 0) is 5.41 Å². The van der Waals surface area contributed by atoms with Gasteiger partial charge in [-0.05, 0) is 30.3 Å². The van der Waals surface area contributed by atoms with Crippen LogP contribution in [0.1, 0.15) is 36.8 Å². The van der Waals surface area contributed by atoms with E-state index in [1.807, 2.05) is 24.3 Å². The highest BCUT2D eigenvalue weighted by atomic mass is 35.5. The first-order chi connectivity index (χ1) is 12.2. The molecule has 0 aliphatic rings. The van der Waals surface area contributed by atoms with Gasteiger partial charge in [-0.1, -0.05) is 50.0 Å². The molecule has 0 unspecified atom stereocenters. The van der Waals surface area contributed by atoms with Gasteiger partial charge in [0.1, 0.15) is 5.82 Å². The maximum atomic E-state index is 12.7. The number of carbonyl (C=O) groups is 1. The quantitative estimate of drug-likeness (QED) is 0.676. The molecule has 0 saturated heterocycles. The van der Waals surface area contributed by atoms with Gasteiger partial charge in [0.2, 0.25) is 0 Å². The summed E-state index contributed by atoms with van der Waals surface area (Å²) < 4.78 is 1.62. The van der Waals surface area contributed by atoms with E-state index in [0.29, 0.717) is 27.2 Å². The van der Waals surface area contributed by atoms with Crippen molar-refractivity contribution >= 4 is 34.9 Å². The predicted molar refractivity (Wildman–Crippen MR) is 104 cm³/mol. The third-order valence-electron chi connectivity index (χ3n) is 3.71. The van der Waals surface area contributed by atoms with E-state index < -0.39 is 0 Å². The van der Waals surface area contributed by atoms with Gasteiger partial charge >= 0.3 is 0 Å². The van der Waals surface area contributed by atoms with Crippen LogP contribution in [0.4, 0.5) is 5.82 Å². The Morgan fingerprint density at radius 1 is 1.08 bits per heavy atom. The van der Waals surface area contributed by atoms with Crippen molar-refractivity contribution in [1.82, 2.24) is 14.8 Å². The Kier molecular flexibility index (Phi) is 5.03. The van der Waals surface area contributed by atoms with Crippen molar-refractivity contribution in [3.63, 3.8) is 0 Å². The second-order valence-corrected chi connectivity index (χ2v) is 7.75. The summed E-state index contributed by atoms with van der Waals surface area (Å²) in [5.74, 6) is 0.809. The molecule has 1 N–H and O–H groups in total. The van der Waals surface area contributed by atoms with Crippen molar-refractivity contribution in [3.8, 4) is 5.82 Å². The molecule has 7 heteroatoms. The van der Waals surface area contributed by atoms with Crippen LogP contribution in [0.3, 0.4) is 0 Å². The standard InChI is InChI=1S/C19H18Cl2N4O/c1-19(2,3)15-11-17(25(24-15)16-6-4-5-7-22-16)23-18(26)12-8-13(20)10-14(21)9-12/h4-11H,1-3H3,(H,23,26). The summed E-state index contributed by atoms with van der Waals surface area (Å²) in [5.41, 5.74) is 1.02. The van der Waals surface area contributed by atoms with E-state index in [1.54, 1.807) is 29.1 Å². The normalized spacial score (nSPS) is 11.4. The van der Waals surface area contributed by atoms with Crippen molar-refractivity contribution in [3.05, 3.63) is 70.0 Å². The summed E-state index contributed by atoms with van der Waals surface area (Å²) in [5, 5.41) is 8.30. The van der Waals surface area contributed by atoms with Crippen molar-refractivity contribution in [2.24, 2.45) is 0 Å². The Hall–Kier alpha value is -2.37. The number of halogens is 2. The van der Waals surface area contributed by atoms with Crippen molar-refractivity contribution < 1.29 is 4.79 Å². The van der Waals surface area contributed by atoms with Crippen LogP contribution in [0.2, 0.25) is 10.0 Å². The average molecular weight is 389 g/mol. The highest BCUT2D eigenvalue weighted by Crippen LogP contribution is 2.26. The molecule has 0 radical (unpaired) electrons. The van der Waals surface area contributed by atoms with Crippen molar-refractivity contribution in [2.45, 2.75) is 26.2 Å². The maximum absolute atomic E-state index is 12.7. The van der Waals surface area contributed by atoms with E-state index in [9.17, 15) is 4.79 Å². The van der Waals surface area contributed by atoms with Gasteiger partial charge in [0.05, 0.1) is 5.69 Å². The second-order valence-electron chi connectivity index (χ2n) is 6.88. The van der Waals surface area contributed by atoms with Crippen LogP contribution in [0.25, 0.3) is 5.82 Å². The Balaban J connectivity index is 2.01. The number of hydrogen-bond donors (Lipinski definition) is 1. The van der Waals surface area contributed by atoms with Gasteiger partial charge in [-0.15, -0.1) is 0 Å². The number of benzene rings is 1. The van der Waals surface area contributed by atoms with Crippen molar-refractivity contribution in [2.75, 3.05) is 5.32 Å². The molecule has 1 aromatic carbocycles. The van der Waals surface area contributed by atoms with Gasteiger partial charge in [-0.25, -0.2) is 4.98 Å². The molecule has 5 nitrogen and oxygen atoms in total. The summed E-state index contributed by atoms with van der Waals surface area (Å²) >= 11 is 12.0. The molecule has 3 aromatic rings. The number of aromatic nitrogens is 3. The first kappa shape index (κ1) is 18.4. The molecule has 2 heterocycles.